The van der Waals surface area contributed by atoms with Crippen molar-refractivity contribution in [3.63, 3.8) is 0 Å². The molecule has 0 spiro atoms. The molecule has 2 rings (SSSR count). The van der Waals surface area contributed by atoms with Crippen molar-refractivity contribution in [1.82, 2.24) is 10.2 Å². The molecule has 0 unspecified atom stereocenters. The second-order valence-corrected chi connectivity index (χ2v) is 8.46. The lowest BCUT2D eigenvalue weighted by Gasteiger charge is -2.31. The average molecular weight is 449 g/mol. The van der Waals surface area contributed by atoms with E-state index in [1.165, 1.54) is 30.0 Å². The molecular weight excluding hydrogens is 418 g/mol. The number of nitrogens with zero attached hydrogens (tertiary/aromatic N) is 1. The minimum atomic E-state index is -0.638. The van der Waals surface area contributed by atoms with Crippen LogP contribution in [0, 0.1) is 11.6 Å². The van der Waals surface area contributed by atoms with Crippen molar-refractivity contribution in [1.29, 1.82) is 0 Å². The molecule has 0 aliphatic heterocycles. The minimum Gasteiger partial charge on any atom is -0.352 e. The third-order valence-corrected chi connectivity index (χ3v) is 6.06. The van der Waals surface area contributed by atoms with E-state index in [0.29, 0.717) is 17.7 Å². The molecule has 31 heavy (non-hydrogen) atoms. The SMILES string of the molecule is CC[C@@H](C)NC(=O)[C@@H](CC)N(Cc1ccc(F)cc1)C(=O)CSCc1ccccc1F. The highest BCUT2D eigenvalue weighted by atomic mass is 32.2. The number of amides is 2. The van der Waals surface area contributed by atoms with Crippen molar-refractivity contribution in [2.45, 2.75) is 58.0 Å². The Morgan fingerprint density at radius 1 is 1.03 bits per heavy atom. The van der Waals surface area contributed by atoms with E-state index < -0.39 is 6.04 Å². The molecule has 7 heteroatoms. The van der Waals surface area contributed by atoms with Gasteiger partial charge < -0.3 is 10.2 Å². The molecule has 0 saturated heterocycles. The molecule has 4 nitrogen and oxygen atoms in total. The van der Waals surface area contributed by atoms with Crippen molar-refractivity contribution in [3.8, 4) is 0 Å². The van der Waals surface area contributed by atoms with Gasteiger partial charge in [-0.2, -0.15) is 0 Å². The molecule has 0 heterocycles. The van der Waals surface area contributed by atoms with Gasteiger partial charge in [-0.15, -0.1) is 11.8 Å². The quantitative estimate of drug-likeness (QED) is 0.531. The van der Waals surface area contributed by atoms with Crippen LogP contribution in [0.25, 0.3) is 0 Å². The number of rotatable bonds is 11. The Balaban J connectivity index is 2.14. The van der Waals surface area contributed by atoms with Crippen LogP contribution in [0.1, 0.15) is 44.7 Å². The van der Waals surface area contributed by atoms with E-state index in [0.717, 1.165) is 12.0 Å². The van der Waals surface area contributed by atoms with Crippen LogP contribution in [0.5, 0.6) is 0 Å². The summed E-state index contributed by atoms with van der Waals surface area (Å²) in [5.41, 5.74) is 1.27. The molecule has 0 radical (unpaired) electrons. The van der Waals surface area contributed by atoms with Crippen molar-refractivity contribution >= 4 is 23.6 Å². The van der Waals surface area contributed by atoms with Crippen LogP contribution < -0.4 is 5.32 Å². The summed E-state index contributed by atoms with van der Waals surface area (Å²) in [6.07, 6.45) is 1.24. The van der Waals surface area contributed by atoms with Crippen molar-refractivity contribution in [3.05, 3.63) is 71.3 Å². The maximum atomic E-state index is 13.8. The van der Waals surface area contributed by atoms with Gasteiger partial charge in [-0.1, -0.05) is 44.2 Å². The molecule has 0 aliphatic carbocycles. The summed E-state index contributed by atoms with van der Waals surface area (Å²) in [6, 6.07) is 11.7. The standard InChI is InChI=1S/C24H30F2N2O2S/c1-4-17(3)27-24(30)22(5-2)28(14-18-10-12-20(25)13-11-18)23(29)16-31-15-19-8-6-7-9-21(19)26/h6-13,17,22H,4-5,14-16H2,1-3H3,(H,27,30)/t17-,22-/m1/s1. The Morgan fingerprint density at radius 3 is 2.32 bits per heavy atom. The van der Waals surface area contributed by atoms with E-state index in [2.05, 4.69) is 5.32 Å². The number of carbonyl (C=O) groups excluding carboxylic acids is 2. The summed E-state index contributed by atoms with van der Waals surface area (Å²) >= 11 is 1.31. The first-order valence-electron chi connectivity index (χ1n) is 10.5. The predicted octanol–water partition coefficient (Wildman–Crippen LogP) is 4.92. The fourth-order valence-electron chi connectivity index (χ4n) is 3.09. The van der Waals surface area contributed by atoms with E-state index in [1.54, 1.807) is 35.2 Å². The summed E-state index contributed by atoms with van der Waals surface area (Å²) in [5.74, 6) is -0.599. The molecule has 0 saturated carbocycles. The topological polar surface area (TPSA) is 49.4 Å². The molecule has 2 aromatic carbocycles. The van der Waals surface area contributed by atoms with E-state index in [-0.39, 0.29) is 41.8 Å². The summed E-state index contributed by atoms with van der Waals surface area (Å²) < 4.78 is 27.1. The smallest absolute Gasteiger partial charge is 0.243 e. The molecule has 1 N–H and O–H groups in total. The van der Waals surface area contributed by atoms with Gasteiger partial charge in [0.1, 0.15) is 17.7 Å². The molecule has 168 valence electrons. The largest absolute Gasteiger partial charge is 0.352 e. The fraction of sp³-hybridized carbons (Fsp3) is 0.417. The second kappa shape index (κ2) is 12.4. The fourth-order valence-corrected chi connectivity index (χ4v) is 3.99. The van der Waals surface area contributed by atoms with Gasteiger partial charge in [0.15, 0.2) is 0 Å². The lowest BCUT2D eigenvalue weighted by atomic mass is 10.1. The summed E-state index contributed by atoms with van der Waals surface area (Å²) in [5, 5.41) is 2.95. The van der Waals surface area contributed by atoms with Crippen LogP contribution in [0.2, 0.25) is 0 Å². The highest BCUT2D eigenvalue weighted by molar-refractivity contribution is 7.99. The van der Waals surface area contributed by atoms with E-state index in [1.807, 2.05) is 20.8 Å². The number of carbonyl (C=O) groups is 2. The Kier molecular flexibility index (Phi) is 9.98. The lowest BCUT2D eigenvalue weighted by molar-refractivity contribution is -0.139. The molecule has 0 bridgehead atoms. The maximum Gasteiger partial charge on any atom is 0.243 e. The molecule has 2 aromatic rings. The Labute approximate surface area is 187 Å². The zero-order valence-electron chi connectivity index (χ0n) is 18.2. The van der Waals surface area contributed by atoms with Crippen molar-refractivity contribution < 1.29 is 18.4 Å². The zero-order chi connectivity index (χ0) is 22.8. The summed E-state index contributed by atoms with van der Waals surface area (Å²) in [7, 11) is 0. The second-order valence-electron chi connectivity index (χ2n) is 7.47. The highest BCUT2D eigenvalue weighted by Crippen LogP contribution is 2.19. The normalized spacial score (nSPS) is 12.8. The van der Waals surface area contributed by atoms with Crippen LogP contribution in [0.15, 0.2) is 48.5 Å². The van der Waals surface area contributed by atoms with E-state index in [9.17, 15) is 18.4 Å². The van der Waals surface area contributed by atoms with Gasteiger partial charge >= 0.3 is 0 Å². The van der Waals surface area contributed by atoms with Gasteiger partial charge in [0.05, 0.1) is 5.75 Å². The number of benzene rings is 2. The number of halogens is 2. The number of thioether (sulfide) groups is 1. The molecule has 0 aromatic heterocycles. The van der Waals surface area contributed by atoms with Crippen LogP contribution in [0.4, 0.5) is 8.78 Å². The van der Waals surface area contributed by atoms with Gasteiger partial charge in [-0.25, -0.2) is 8.78 Å². The van der Waals surface area contributed by atoms with Crippen LogP contribution in [-0.4, -0.2) is 34.6 Å². The minimum absolute atomic E-state index is 0.000228. The van der Waals surface area contributed by atoms with Gasteiger partial charge in [-0.05, 0) is 49.1 Å². The molecule has 2 amide bonds. The van der Waals surface area contributed by atoms with Gasteiger partial charge in [0.2, 0.25) is 11.8 Å². The van der Waals surface area contributed by atoms with Gasteiger partial charge in [0.25, 0.3) is 0 Å². The zero-order valence-corrected chi connectivity index (χ0v) is 19.1. The van der Waals surface area contributed by atoms with Crippen molar-refractivity contribution in [2.75, 3.05) is 5.75 Å². The van der Waals surface area contributed by atoms with Gasteiger partial charge in [0, 0.05) is 18.3 Å². The van der Waals surface area contributed by atoms with Crippen molar-refractivity contribution in [2.24, 2.45) is 0 Å². The molecule has 0 aliphatic rings. The van der Waals surface area contributed by atoms with E-state index in [4.69, 9.17) is 0 Å². The van der Waals surface area contributed by atoms with Crippen LogP contribution in [-0.2, 0) is 21.9 Å². The van der Waals surface area contributed by atoms with E-state index >= 15 is 0 Å². The first kappa shape index (κ1) is 24.9. The Morgan fingerprint density at radius 2 is 1.71 bits per heavy atom. The Bertz CT molecular complexity index is 861. The monoisotopic (exact) mass is 448 g/mol. The van der Waals surface area contributed by atoms with Gasteiger partial charge in [-0.3, -0.25) is 9.59 Å². The number of hydrogen-bond donors (Lipinski definition) is 1. The highest BCUT2D eigenvalue weighted by Gasteiger charge is 2.29. The summed E-state index contributed by atoms with van der Waals surface area (Å²) in [4.78, 5) is 27.5. The third kappa shape index (κ3) is 7.65. The third-order valence-electron chi connectivity index (χ3n) is 5.09. The Hall–Kier alpha value is -2.41. The van der Waals surface area contributed by atoms with Crippen LogP contribution >= 0.6 is 11.8 Å². The summed E-state index contributed by atoms with van der Waals surface area (Å²) in [6.45, 7) is 5.96. The molecule has 2 atom stereocenters. The predicted molar refractivity (Wildman–Crippen MR) is 121 cm³/mol. The van der Waals surface area contributed by atoms with Crippen LogP contribution in [0.3, 0.4) is 0 Å². The number of nitrogens with one attached hydrogen (secondary N) is 1. The average Bonchev–Trinajstić information content (AvgIpc) is 2.76. The maximum absolute atomic E-state index is 13.8. The first-order chi connectivity index (χ1) is 14.8. The first-order valence-corrected chi connectivity index (χ1v) is 11.7. The molecular formula is C24H30F2N2O2S. The number of hydrogen-bond acceptors (Lipinski definition) is 3. The lowest BCUT2D eigenvalue weighted by Crippen LogP contribution is -2.51. The molecule has 0 fully saturated rings.